The summed E-state index contributed by atoms with van der Waals surface area (Å²) in [5.74, 6) is 1.95. The van der Waals surface area contributed by atoms with Gasteiger partial charge >= 0.3 is 0 Å². The molecule has 0 unspecified atom stereocenters. The number of nitrogens with one attached hydrogen (secondary N) is 2. The van der Waals surface area contributed by atoms with E-state index in [1.54, 1.807) is 0 Å². The SMILES string of the molecule is CCNC(=NCc1ccc(CS(C)(=O)=O)cc1)NCc1cc(C(CC)CC)no1. The van der Waals surface area contributed by atoms with Gasteiger partial charge in [-0.15, -0.1) is 0 Å². The first kappa shape index (κ1) is 22.9. The lowest BCUT2D eigenvalue weighted by atomic mass is 9.99. The lowest BCUT2D eigenvalue weighted by Gasteiger charge is -2.10. The summed E-state index contributed by atoms with van der Waals surface area (Å²) in [5, 5.41) is 10.7. The van der Waals surface area contributed by atoms with Gasteiger partial charge in [-0.2, -0.15) is 0 Å². The molecule has 0 aliphatic carbocycles. The van der Waals surface area contributed by atoms with Crippen LogP contribution < -0.4 is 10.6 Å². The van der Waals surface area contributed by atoms with E-state index in [1.807, 2.05) is 37.3 Å². The lowest BCUT2D eigenvalue weighted by molar-refractivity contribution is 0.368. The minimum atomic E-state index is -3.03. The Morgan fingerprint density at radius 1 is 1.10 bits per heavy atom. The average molecular weight is 421 g/mol. The van der Waals surface area contributed by atoms with E-state index >= 15 is 0 Å². The summed E-state index contributed by atoms with van der Waals surface area (Å²) in [6, 6.07) is 9.49. The number of sulfone groups is 1. The molecular weight excluding hydrogens is 388 g/mol. The predicted molar refractivity (Wildman–Crippen MR) is 116 cm³/mol. The highest BCUT2D eigenvalue weighted by molar-refractivity contribution is 7.89. The summed E-state index contributed by atoms with van der Waals surface area (Å²) in [7, 11) is -3.03. The second-order valence-electron chi connectivity index (χ2n) is 7.17. The van der Waals surface area contributed by atoms with E-state index in [1.165, 1.54) is 6.26 Å². The van der Waals surface area contributed by atoms with E-state index < -0.39 is 9.84 Å². The second-order valence-corrected chi connectivity index (χ2v) is 9.31. The smallest absolute Gasteiger partial charge is 0.191 e. The zero-order valence-electron chi connectivity index (χ0n) is 17.7. The van der Waals surface area contributed by atoms with Crippen LogP contribution in [-0.4, -0.2) is 32.3 Å². The fraction of sp³-hybridized carbons (Fsp3) is 0.524. The fourth-order valence-corrected chi connectivity index (χ4v) is 3.84. The molecule has 1 aromatic heterocycles. The van der Waals surface area contributed by atoms with Crippen molar-refractivity contribution in [1.82, 2.24) is 15.8 Å². The molecule has 1 aromatic carbocycles. The Kier molecular flexibility index (Phi) is 8.70. The molecule has 7 nitrogen and oxygen atoms in total. The zero-order chi connectivity index (χ0) is 21.3. The van der Waals surface area contributed by atoms with Crippen LogP contribution in [0, 0.1) is 0 Å². The Labute approximate surface area is 173 Å². The summed E-state index contributed by atoms with van der Waals surface area (Å²) in [6.45, 7) is 8.07. The number of nitrogens with zero attached hydrogens (tertiary/aromatic N) is 2. The van der Waals surface area contributed by atoms with Gasteiger partial charge in [0.2, 0.25) is 0 Å². The molecule has 2 aromatic rings. The van der Waals surface area contributed by atoms with Crippen LogP contribution in [0.1, 0.15) is 62.1 Å². The molecule has 0 saturated carbocycles. The van der Waals surface area contributed by atoms with Crippen molar-refractivity contribution < 1.29 is 12.9 Å². The number of hydrogen-bond acceptors (Lipinski definition) is 5. The minimum absolute atomic E-state index is 0.0524. The van der Waals surface area contributed by atoms with Gasteiger partial charge in [0.25, 0.3) is 0 Å². The van der Waals surface area contributed by atoms with Gasteiger partial charge in [0.1, 0.15) is 0 Å². The van der Waals surface area contributed by atoms with Crippen molar-refractivity contribution in [3.63, 3.8) is 0 Å². The number of aliphatic imine (C=N–C) groups is 1. The Morgan fingerprint density at radius 3 is 2.34 bits per heavy atom. The zero-order valence-corrected chi connectivity index (χ0v) is 18.6. The third kappa shape index (κ3) is 7.89. The molecule has 1 heterocycles. The van der Waals surface area contributed by atoms with Crippen LogP contribution in [0.25, 0.3) is 0 Å². The van der Waals surface area contributed by atoms with Gasteiger partial charge in [0.15, 0.2) is 21.6 Å². The van der Waals surface area contributed by atoms with Crippen molar-refractivity contribution in [2.75, 3.05) is 12.8 Å². The highest BCUT2D eigenvalue weighted by atomic mass is 32.2. The normalized spacial score (nSPS) is 12.4. The Hall–Kier alpha value is -2.35. The molecule has 160 valence electrons. The molecule has 2 N–H and O–H groups in total. The highest BCUT2D eigenvalue weighted by Gasteiger charge is 2.13. The third-order valence-electron chi connectivity index (χ3n) is 4.63. The highest BCUT2D eigenvalue weighted by Crippen LogP contribution is 2.22. The average Bonchev–Trinajstić information content (AvgIpc) is 3.14. The maximum Gasteiger partial charge on any atom is 0.191 e. The van der Waals surface area contributed by atoms with Crippen molar-refractivity contribution >= 4 is 15.8 Å². The molecule has 0 atom stereocenters. The van der Waals surface area contributed by atoms with E-state index in [0.717, 1.165) is 42.0 Å². The topological polar surface area (TPSA) is 96.6 Å². The summed E-state index contributed by atoms with van der Waals surface area (Å²) in [6.07, 6.45) is 3.33. The van der Waals surface area contributed by atoms with Crippen molar-refractivity contribution in [1.29, 1.82) is 0 Å². The number of hydrogen-bond donors (Lipinski definition) is 2. The lowest BCUT2D eigenvalue weighted by Crippen LogP contribution is -2.36. The summed E-state index contributed by atoms with van der Waals surface area (Å²) in [5.41, 5.74) is 2.79. The summed E-state index contributed by atoms with van der Waals surface area (Å²) < 4.78 is 28.2. The number of benzene rings is 1. The minimum Gasteiger partial charge on any atom is -0.359 e. The van der Waals surface area contributed by atoms with Gasteiger partial charge in [-0.25, -0.2) is 13.4 Å². The Morgan fingerprint density at radius 2 is 1.76 bits per heavy atom. The maximum absolute atomic E-state index is 11.4. The van der Waals surface area contributed by atoms with E-state index in [9.17, 15) is 8.42 Å². The first-order valence-electron chi connectivity index (χ1n) is 10.1. The van der Waals surface area contributed by atoms with Crippen LogP contribution in [0.2, 0.25) is 0 Å². The molecule has 8 heteroatoms. The Balaban J connectivity index is 1.96. The monoisotopic (exact) mass is 420 g/mol. The van der Waals surface area contributed by atoms with E-state index in [0.29, 0.717) is 25.0 Å². The molecule has 0 radical (unpaired) electrons. The molecule has 2 rings (SSSR count). The summed E-state index contributed by atoms with van der Waals surface area (Å²) in [4.78, 5) is 4.59. The van der Waals surface area contributed by atoms with Gasteiger partial charge in [-0.05, 0) is 30.9 Å². The molecule has 0 spiro atoms. The van der Waals surface area contributed by atoms with Crippen molar-refractivity contribution in [2.24, 2.45) is 4.99 Å². The van der Waals surface area contributed by atoms with Gasteiger partial charge in [0, 0.05) is 24.8 Å². The number of aromatic nitrogens is 1. The molecule has 0 amide bonds. The quantitative estimate of drug-likeness (QED) is 0.452. The van der Waals surface area contributed by atoms with E-state index in [4.69, 9.17) is 4.52 Å². The molecular formula is C21H32N4O3S. The number of guanidine groups is 1. The molecule has 0 bridgehead atoms. The third-order valence-corrected chi connectivity index (χ3v) is 5.48. The van der Waals surface area contributed by atoms with Crippen molar-refractivity contribution in [3.05, 3.63) is 52.9 Å². The van der Waals surface area contributed by atoms with Gasteiger partial charge in [-0.1, -0.05) is 43.3 Å². The first-order chi connectivity index (χ1) is 13.8. The maximum atomic E-state index is 11.4. The standard InChI is InChI=1S/C21H32N4O3S/c1-5-18(6-2)20-12-19(28-25-20)14-24-21(22-7-3)23-13-16-8-10-17(11-9-16)15-29(4,26)27/h8-12,18H,5-7,13-15H2,1-4H3,(H2,22,23,24). The van der Waals surface area contributed by atoms with Crippen molar-refractivity contribution in [2.45, 2.75) is 58.4 Å². The van der Waals surface area contributed by atoms with E-state index in [-0.39, 0.29) is 5.75 Å². The van der Waals surface area contributed by atoms with Crippen LogP contribution >= 0.6 is 0 Å². The van der Waals surface area contributed by atoms with Crippen molar-refractivity contribution in [3.8, 4) is 0 Å². The van der Waals surface area contributed by atoms with Crippen LogP contribution in [0.5, 0.6) is 0 Å². The summed E-state index contributed by atoms with van der Waals surface area (Å²) >= 11 is 0. The number of rotatable bonds is 10. The van der Waals surface area contributed by atoms with Gasteiger partial charge in [0.05, 0.1) is 24.5 Å². The van der Waals surface area contributed by atoms with Gasteiger partial charge in [-0.3, -0.25) is 0 Å². The van der Waals surface area contributed by atoms with Crippen LogP contribution in [-0.2, 0) is 28.7 Å². The Bertz CT molecular complexity index is 885. The molecule has 0 fully saturated rings. The van der Waals surface area contributed by atoms with Crippen LogP contribution in [0.15, 0.2) is 39.8 Å². The molecule has 0 saturated heterocycles. The van der Waals surface area contributed by atoms with Crippen LogP contribution in [0.4, 0.5) is 0 Å². The largest absolute Gasteiger partial charge is 0.359 e. The predicted octanol–water partition coefficient (Wildman–Crippen LogP) is 3.38. The van der Waals surface area contributed by atoms with Crippen LogP contribution in [0.3, 0.4) is 0 Å². The van der Waals surface area contributed by atoms with E-state index in [2.05, 4.69) is 34.6 Å². The molecule has 29 heavy (non-hydrogen) atoms. The molecule has 0 aliphatic rings. The fourth-order valence-electron chi connectivity index (χ4n) is 3.04. The van der Waals surface area contributed by atoms with Gasteiger partial charge < -0.3 is 15.2 Å². The second kappa shape index (κ2) is 11.0. The molecule has 0 aliphatic heterocycles. The first-order valence-corrected chi connectivity index (χ1v) is 12.1.